The molecule has 10 heteroatoms. The third kappa shape index (κ3) is 6.43. The van der Waals surface area contributed by atoms with Gasteiger partial charge in [0.25, 0.3) is 0 Å². The first-order chi connectivity index (χ1) is 16.1. The predicted molar refractivity (Wildman–Crippen MR) is 124 cm³/mol. The quantitative estimate of drug-likeness (QED) is 0.643. The summed E-state index contributed by atoms with van der Waals surface area (Å²) >= 11 is 0. The molecule has 2 heterocycles. The van der Waals surface area contributed by atoms with Crippen molar-refractivity contribution >= 4 is 29.4 Å². The van der Waals surface area contributed by atoms with Crippen LogP contribution >= 0.6 is 0 Å². The molecule has 1 aliphatic heterocycles. The topological polar surface area (TPSA) is 110 Å². The van der Waals surface area contributed by atoms with Gasteiger partial charge in [-0.25, -0.2) is 14.2 Å². The number of halogens is 1. The van der Waals surface area contributed by atoms with Crippen molar-refractivity contribution in [3.05, 3.63) is 47.9 Å². The molecule has 2 aromatic rings. The van der Waals surface area contributed by atoms with E-state index >= 15 is 0 Å². The Morgan fingerprint density at radius 3 is 2.47 bits per heavy atom. The molecule has 9 nitrogen and oxygen atoms in total. The van der Waals surface area contributed by atoms with Gasteiger partial charge < -0.3 is 19.7 Å². The molecule has 0 unspecified atom stereocenters. The summed E-state index contributed by atoms with van der Waals surface area (Å²) in [4.78, 5) is 43.3. The molecule has 3 rings (SSSR count). The number of hydrogen-bond acceptors (Lipinski definition) is 6. The minimum Gasteiger partial charge on any atom is -0.493 e. The van der Waals surface area contributed by atoms with Crippen molar-refractivity contribution in [2.24, 2.45) is 0 Å². The van der Waals surface area contributed by atoms with Crippen molar-refractivity contribution in [1.29, 1.82) is 0 Å². The van der Waals surface area contributed by atoms with Gasteiger partial charge >= 0.3 is 17.9 Å². The van der Waals surface area contributed by atoms with Crippen LogP contribution in [0.2, 0.25) is 0 Å². The molecule has 1 aromatic carbocycles. The average molecular weight is 473 g/mol. The maximum absolute atomic E-state index is 13.3. The van der Waals surface area contributed by atoms with Gasteiger partial charge in [-0.05, 0) is 57.7 Å². The van der Waals surface area contributed by atoms with E-state index in [1.165, 1.54) is 36.4 Å². The molecule has 0 saturated carbocycles. The zero-order valence-electron chi connectivity index (χ0n) is 19.7. The molecule has 1 aromatic heterocycles. The van der Waals surface area contributed by atoms with Gasteiger partial charge in [0, 0.05) is 12.6 Å². The molecule has 1 fully saturated rings. The highest BCUT2D eigenvalue weighted by Crippen LogP contribution is 2.31. The van der Waals surface area contributed by atoms with Crippen molar-refractivity contribution in [3.8, 4) is 5.75 Å². The number of nitrogens with one attached hydrogen (secondary N) is 2. The Morgan fingerprint density at radius 1 is 1.12 bits per heavy atom. The van der Waals surface area contributed by atoms with Gasteiger partial charge in [-0.2, -0.15) is 0 Å². The van der Waals surface area contributed by atoms with Gasteiger partial charge in [0.15, 0.2) is 11.6 Å². The molecule has 34 heavy (non-hydrogen) atoms. The second-order valence-corrected chi connectivity index (χ2v) is 8.92. The van der Waals surface area contributed by atoms with Crippen LogP contribution in [0, 0.1) is 5.82 Å². The van der Waals surface area contributed by atoms with Gasteiger partial charge in [-0.15, -0.1) is 0 Å². The van der Waals surface area contributed by atoms with Gasteiger partial charge in [0.2, 0.25) is 0 Å². The SMILES string of the molecule is COc1cc(NC(=O)C(=O)N2CCCC[C@H]2c2ccc(F)cc2)cnc1NC(=O)OC(C)(C)C. The summed E-state index contributed by atoms with van der Waals surface area (Å²) in [7, 11) is 1.38. The first-order valence-corrected chi connectivity index (χ1v) is 11.0. The highest BCUT2D eigenvalue weighted by Gasteiger charge is 2.32. The second-order valence-electron chi connectivity index (χ2n) is 8.92. The molecular weight excluding hydrogens is 443 g/mol. The number of nitrogens with zero attached hydrogens (tertiary/aromatic N) is 2. The number of pyridine rings is 1. The average Bonchev–Trinajstić information content (AvgIpc) is 2.78. The van der Waals surface area contributed by atoms with Crippen LogP contribution in [-0.4, -0.2) is 47.0 Å². The van der Waals surface area contributed by atoms with Crippen LogP contribution in [0.25, 0.3) is 0 Å². The molecule has 1 atom stereocenters. The van der Waals surface area contributed by atoms with Gasteiger partial charge in [-0.3, -0.25) is 14.9 Å². The summed E-state index contributed by atoms with van der Waals surface area (Å²) in [6.07, 6.45) is 2.96. The van der Waals surface area contributed by atoms with E-state index < -0.39 is 23.5 Å². The Labute approximate surface area is 197 Å². The minimum atomic E-state index is -0.828. The number of carbonyl (C=O) groups excluding carboxylic acids is 3. The van der Waals surface area contributed by atoms with Crippen LogP contribution in [0.3, 0.4) is 0 Å². The lowest BCUT2D eigenvalue weighted by Gasteiger charge is -2.35. The fourth-order valence-electron chi connectivity index (χ4n) is 3.68. The minimum absolute atomic E-state index is 0.105. The fourth-order valence-corrected chi connectivity index (χ4v) is 3.68. The van der Waals surface area contributed by atoms with Crippen molar-refractivity contribution in [3.63, 3.8) is 0 Å². The number of likely N-dealkylation sites (tertiary alicyclic amines) is 1. The Hall–Kier alpha value is -3.69. The monoisotopic (exact) mass is 472 g/mol. The van der Waals surface area contributed by atoms with E-state index in [0.717, 1.165) is 18.4 Å². The van der Waals surface area contributed by atoms with Crippen molar-refractivity contribution < 1.29 is 28.2 Å². The molecule has 0 radical (unpaired) electrons. The standard InChI is InChI=1S/C24H29FN4O5/c1-24(2,3)34-23(32)28-20-19(33-4)13-17(14-26-20)27-21(30)22(31)29-12-6-5-7-18(29)15-8-10-16(25)11-9-15/h8-11,13-14,18H,5-7,12H2,1-4H3,(H,27,30)(H,26,28,32)/t18-/m0/s1. The van der Waals surface area contributed by atoms with Crippen molar-refractivity contribution in [1.82, 2.24) is 9.88 Å². The van der Waals surface area contributed by atoms with E-state index in [9.17, 15) is 18.8 Å². The summed E-state index contributed by atoms with van der Waals surface area (Å²) < 4.78 is 23.8. The number of aromatic nitrogens is 1. The molecule has 2 N–H and O–H groups in total. The van der Waals surface area contributed by atoms with Crippen LogP contribution in [0.15, 0.2) is 36.5 Å². The highest BCUT2D eigenvalue weighted by atomic mass is 19.1. The third-order valence-corrected chi connectivity index (χ3v) is 5.16. The molecule has 0 aliphatic carbocycles. The lowest BCUT2D eigenvalue weighted by atomic mass is 9.95. The van der Waals surface area contributed by atoms with E-state index in [1.54, 1.807) is 32.9 Å². The first kappa shape index (κ1) is 24.9. The summed E-state index contributed by atoms with van der Waals surface area (Å²) in [5.74, 6) is -1.59. The first-order valence-electron chi connectivity index (χ1n) is 11.0. The Balaban J connectivity index is 1.70. The summed E-state index contributed by atoms with van der Waals surface area (Å²) in [6, 6.07) is 7.09. The maximum atomic E-state index is 13.3. The summed E-state index contributed by atoms with van der Waals surface area (Å²) in [5, 5.41) is 5.03. The van der Waals surface area contributed by atoms with E-state index in [2.05, 4.69) is 15.6 Å². The number of amides is 3. The van der Waals surface area contributed by atoms with Gasteiger partial charge in [-0.1, -0.05) is 12.1 Å². The Kier molecular flexibility index (Phi) is 7.70. The molecule has 0 spiro atoms. The number of anilines is 2. The lowest BCUT2D eigenvalue weighted by Crippen LogP contribution is -2.44. The van der Waals surface area contributed by atoms with Crippen LogP contribution < -0.4 is 15.4 Å². The molecule has 1 aliphatic rings. The Morgan fingerprint density at radius 2 is 1.82 bits per heavy atom. The number of carbonyl (C=O) groups is 3. The lowest BCUT2D eigenvalue weighted by molar-refractivity contribution is -0.145. The van der Waals surface area contributed by atoms with Crippen molar-refractivity contribution in [2.45, 2.75) is 51.7 Å². The van der Waals surface area contributed by atoms with E-state index in [-0.39, 0.29) is 29.1 Å². The number of methoxy groups -OCH3 is 1. The molecule has 1 saturated heterocycles. The maximum Gasteiger partial charge on any atom is 0.413 e. The van der Waals surface area contributed by atoms with Crippen LogP contribution in [0.1, 0.15) is 51.6 Å². The molecular formula is C24H29FN4O5. The summed E-state index contributed by atoms with van der Waals surface area (Å²) in [5.41, 5.74) is 0.315. The summed E-state index contributed by atoms with van der Waals surface area (Å²) in [6.45, 7) is 5.62. The van der Waals surface area contributed by atoms with E-state index in [1.807, 2.05) is 0 Å². The van der Waals surface area contributed by atoms with Crippen LogP contribution in [0.5, 0.6) is 5.75 Å². The van der Waals surface area contributed by atoms with Crippen molar-refractivity contribution in [2.75, 3.05) is 24.3 Å². The molecule has 3 amide bonds. The Bertz CT molecular complexity index is 1050. The number of benzene rings is 1. The van der Waals surface area contributed by atoms with Crippen LogP contribution in [0.4, 0.5) is 20.7 Å². The fraction of sp³-hybridized carbons (Fsp3) is 0.417. The number of rotatable bonds is 4. The number of piperidine rings is 1. The van der Waals surface area contributed by atoms with Gasteiger partial charge in [0.1, 0.15) is 11.4 Å². The predicted octanol–water partition coefficient (Wildman–Crippen LogP) is 4.27. The molecule has 182 valence electrons. The zero-order valence-corrected chi connectivity index (χ0v) is 19.7. The highest BCUT2D eigenvalue weighted by molar-refractivity contribution is 6.39. The largest absolute Gasteiger partial charge is 0.493 e. The van der Waals surface area contributed by atoms with Crippen LogP contribution in [-0.2, 0) is 14.3 Å². The molecule has 0 bridgehead atoms. The number of ether oxygens (including phenoxy) is 2. The smallest absolute Gasteiger partial charge is 0.413 e. The third-order valence-electron chi connectivity index (χ3n) is 5.16. The number of hydrogen-bond donors (Lipinski definition) is 2. The van der Waals surface area contributed by atoms with E-state index in [4.69, 9.17) is 9.47 Å². The normalized spacial score (nSPS) is 15.9. The van der Waals surface area contributed by atoms with E-state index in [0.29, 0.717) is 13.0 Å². The van der Waals surface area contributed by atoms with Gasteiger partial charge in [0.05, 0.1) is 25.0 Å². The second kappa shape index (κ2) is 10.5. The zero-order chi connectivity index (χ0) is 24.9.